The first-order valence-corrected chi connectivity index (χ1v) is 7.66. The highest BCUT2D eigenvalue weighted by Gasteiger charge is 2.49. The van der Waals surface area contributed by atoms with E-state index in [2.05, 4.69) is 15.5 Å². The highest BCUT2D eigenvalue weighted by molar-refractivity contribution is 5.89. The summed E-state index contributed by atoms with van der Waals surface area (Å²) >= 11 is 0. The fourth-order valence-electron chi connectivity index (χ4n) is 2.75. The fraction of sp³-hybridized carbons (Fsp3) is 0.375. The van der Waals surface area contributed by atoms with Crippen molar-refractivity contribution in [3.63, 3.8) is 0 Å². The van der Waals surface area contributed by atoms with Gasteiger partial charge in [-0.3, -0.25) is 9.59 Å². The Morgan fingerprint density at radius 3 is 2.76 bits per heavy atom. The van der Waals surface area contributed by atoms with E-state index in [1.807, 2.05) is 0 Å². The molecule has 0 spiro atoms. The fourth-order valence-corrected chi connectivity index (χ4v) is 2.75. The SMILES string of the molecule is CNC(=O)c1noc([C@@H]2CC(F)(F)CN2C(=O)Cc2ccccc2)n1. The predicted octanol–water partition coefficient (Wildman–Crippen LogP) is 1.58. The summed E-state index contributed by atoms with van der Waals surface area (Å²) in [5, 5.41) is 5.79. The van der Waals surface area contributed by atoms with Gasteiger partial charge in [0.05, 0.1) is 13.0 Å². The Balaban J connectivity index is 1.82. The molecule has 1 aromatic carbocycles. The highest BCUT2D eigenvalue weighted by Crippen LogP contribution is 2.40. The lowest BCUT2D eigenvalue weighted by Gasteiger charge is -2.21. The van der Waals surface area contributed by atoms with Gasteiger partial charge in [0.2, 0.25) is 11.8 Å². The van der Waals surface area contributed by atoms with E-state index in [9.17, 15) is 18.4 Å². The van der Waals surface area contributed by atoms with E-state index in [-0.39, 0.29) is 18.1 Å². The van der Waals surface area contributed by atoms with Crippen LogP contribution in [-0.2, 0) is 11.2 Å². The molecule has 1 aliphatic heterocycles. The van der Waals surface area contributed by atoms with Crippen LogP contribution in [0, 0.1) is 0 Å². The molecule has 3 rings (SSSR count). The van der Waals surface area contributed by atoms with Crippen molar-refractivity contribution in [1.82, 2.24) is 20.4 Å². The molecule has 2 amide bonds. The molecule has 1 saturated heterocycles. The summed E-state index contributed by atoms with van der Waals surface area (Å²) < 4.78 is 32.7. The van der Waals surface area contributed by atoms with Crippen LogP contribution in [0.3, 0.4) is 0 Å². The molecular formula is C16H16F2N4O3. The summed E-state index contributed by atoms with van der Waals surface area (Å²) in [6.07, 6.45) is -0.632. The number of hydrogen-bond acceptors (Lipinski definition) is 5. The molecule has 1 atom stereocenters. The van der Waals surface area contributed by atoms with Gasteiger partial charge in [-0.25, -0.2) is 8.78 Å². The van der Waals surface area contributed by atoms with E-state index >= 15 is 0 Å². The zero-order valence-corrected chi connectivity index (χ0v) is 13.4. The number of hydrogen-bond donors (Lipinski definition) is 1. The Hall–Kier alpha value is -2.84. The van der Waals surface area contributed by atoms with E-state index in [4.69, 9.17) is 4.52 Å². The standard InChI is InChI=1S/C16H16F2N4O3/c1-19-14(24)13-20-15(25-21-13)11-8-16(17,18)9-22(11)12(23)7-10-5-3-2-4-6-10/h2-6,11H,7-9H2,1H3,(H,19,24)/t11-/m0/s1. The molecule has 132 valence electrons. The number of nitrogens with zero attached hydrogens (tertiary/aromatic N) is 3. The molecule has 0 bridgehead atoms. The zero-order valence-electron chi connectivity index (χ0n) is 13.4. The summed E-state index contributed by atoms with van der Waals surface area (Å²) in [7, 11) is 1.39. The van der Waals surface area contributed by atoms with Crippen molar-refractivity contribution in [3.8, 4) is 0 Å². The first kappa shape index (κ1) is 17.0. The third kappa shape index (κ3) is 3.65. The van der Waals surface area contributed by atoms with Crippen LogP contribution in [0.2, 0.25) is 0 Å². The normalized spacial score (nSPS) is 19.0. The summed E-state index contributed by atoms with van der Waals surface area (Å²) in [5.41, 5.74) is 0.720. The van der Waals surface area contributed by atoms with Gasteiger partial charge >= 0.3 is 0 Å². The van der Waals surface area contributed by atoms with E-state index in [1.165, 1.54) is 7.05 Å². The molecule has 0 unspecified atom stereocenters. The molecule has 0 radical (unpaired) electrons. The van der Waals surface area contributed by atoms with Crippen molar-refractivity contribution in [3.05, 3.63) is 47.6 Å². The summed E-state index contributed by atoms with van der Waals surface area (Å²) in [6.45, 7) is -0.721. The van der Waals surface area contributed by atoms with Gasteiger partial charge < -0.3 is 14.7 Å². The number of carbonyl (C=O) groups is 2. The lowest BCUT2D eigenvalue weighted by atomic mass is 10.1. The van der Waals surface area contributed by atoms with Crippen molar-refractivity contribution in [2.75, 3.05) is 13.6 Å². The number of benzene rings is 1. The second-order valence-electron chi connectivity index (χ2n) is 5.80. The Morgan fingerprint density at radius 1 is 1.36 bits per heavy atom. The molecule has 0 saturated carbocycles. The minimum absolute atomic E-state index is 0.0101. The number of alkyl halides is 2. The quantitative estimate of drug-likeness (QED) is 0.904. The molecule has 1 fully saturated rings. The van der Waals surface area contributed by atoms with Crippen LogP contribution < -0.4 is 5.32 Å². The summed E-state index contributed by atoms with van der Waals surface area (Å²) in [4.78, 5) is 28.9. The molecule has 0 aliphatic carbocycles. The van der Waals surface area contributed by atoms with Gasteiger partial charge in [0, 0.05) is 13.5 Å². The van der Waals surface area contributed by atoms with Crippen LogP contribution in [0.25, 0.3) is 0 Å². The van der Waals surface area contributed by atoms with Gasteiger partial charge in [-0.05, 0) is 5.56 Å². The van der Waals surface area contributed by atoms with Gasteiger partial charge in [0.15, 0.2) is 0 Å². The maximum absolute atomic E-state index is 13.9. The van der Waals surface area contributed by atoms with E-state index < -0.39 is 36.7 Å². The van der Waals surface area contributed by atoms with Gasteiger partial charge in [-0.1, -0.05) is 35.5 Å². The van der Waals surface area contributed by atoms with Crippen LogP contribution in [-0.4, -0.2) is 46.4 Å². The second-order valence-corrected chi connectivity index (χ2v) is 5.80. The molecule has 7 nitrogen and oxygen atoms in total. The Bertz CT molecular complexity index is 779. The minimum Gasteiger partial charge on any atom is -0.352 e. The average molecular weight is 350 g/mol. The zero-order chi connectivity index (χ0) is 18.0. The van der Waals surface area contributed by atoms with Crippen molar-refractivity contribution in [2.45, 2.75) is 24.8 Å². The smallest absolute Gasteiger partial charge is 0.292 e. The molecule has 25 heavy (non-hydrogen) atoms. The maximum atomic E-state index is 13.9. The van der Waals surface area contributed by atoms with E-state index in [1.54, 1.807) is 30.3 Å². The van der Waals surface area contributed by atoms with Crippen molar-refractivity contribution in [2.24, 2.45) is 0 Å². The lowest BCUT2D eigenvalue weighted by Crippen LogP contribution is -2.34. The number of rotatable bonds is 4. The predicted molar refractivity (Wildman–Crippen MR) is 81.9 cm³/mol. The van der Waals surface area contributed by atoms with Crippen molar-refractivity contribution >= 4 is 11.8 Å². The largest absolute Gasteiger partial charge is 0.352 e. The second kappa shape index (κ2) is 6.58. The molecule has 9 heteroatoms. The topological polar surface area (TPSA) is 88.3 Å². The van der Waals surface area contributed by atoms with Gasteiger partial charge in [-0.2, -0.15) is 4.98 Å². The van der Waals surface area contributed by atoms with Crippen molar-refractivity contribution < 1.29 is 22.9 Å². The molecule has 1 aromatic heterocycles. The number of carbonyl (C=O) groups excluding carboxylic acids is 2. The van der Waals surface area contributed by atoms with Crippen LogP contribution in [0.4, 0.5) is 8.78 Å². The molecule has 1 N–H and O–H groups in total. The van der Waals surface area contributed by atoms with Crippen LogP contribution in [0.15, 0.2) is 34.9 Å². The number of nitrogens with one attached hydrogen (secondary N) is 1. The van der Waals surface area contributed by atoms with Crippen LogP contribution >= 0.6 is 0 Å². The molecular weight excluding hydrogens is 334 g/mol. The third-order valence-corrected chi connectivity index (χ3v) is 3.95. The lowest BCUT2D eigenvalue weighted by molar-refractivity contribution is -0.133. The molecule has 1 aliphatic rings. The molecule has 2 heterocycles. The number of halogens is 2. The summed E-state index contributed by atoms with van der Waals surface area (Å²) in [6, 6.07) is 7.78. The summed E-state index contributed by atoms with van der Waals surface area (Å²) in [5.74, 6) is -4.55. The monoisotopic (exact) mass is 350 g/mol. The number of likely N-dealkylation sites (tertiary alicyclic amines) is 1. The first-order valence-electron chi connectivity index (χ1n) is 7.66. The highest BCUT2D eigenvalue weighted by atomic mass is 19.3. The van der Waals surface area contributed by atoms with Crippen molar-refractivity contribution in [1.29, 1.82) is 0 Å². The van der Waals surface area contributed by atoms with E-state index in [0.717, 1.165) is 10.5 Å². The Kier molecular flexibility index (Phi) is 4.47. The number of aromatic nitrogens is 2. The van der Waals surface area contributed by atoms with Gasteiger partial charge in [0.25, 0.3) is 17.7 Å². The Morgan fingerprint density at radius 2 is 2.08 bits per heavy atom. The maximum Gasteiger partial charge on any atom is 0.292 e. The van der Waals surface area contributed by atoms with Gasteiger partial charge in [0.1, 0.15) is 6.04 Å². The van der Waals surface area contributed by atoms with Crippen LogP contribution in [0.1, 0.15) is 34.5 Å². The average Bonchev–Trinajstić information content (AvgIpc) is 3.19. The third-order valence-electron chi connectivity index (χ3n) is 3.95. The minimum atomic E-state index is -3.06. The number of amides is 2. The Labute approximate surface area is 142 Å². The van der Waals surface area contributed by atoms with Crippen LogP contribution in [0.5, 0.6) is 0 Å². The first-order chi connectivity index (χ1) is 11.9. The molecule has 2 aromatic rings. The van der Waals surface area contributed by atoms with E-state index in [0.29, 0.717) is 0 Å². The van der Waals surface area contributed by atoms with Gasteiger partial charge in [-0.15, -0.1) is 0 Å².